The van der Waals surface area contributed by atoms with Crippen molar-refractivity contribution >= 4 is 27.3 Å². The maximum atomic E-state index is 6.29. The highest BCUT2D eigenvalue weighted by Crippen LogP contribution is 2.42. The molecule has 100 valence electrons. The van der Waals surface area contributed by atoms with E-state index in [1.54, 1.807) is 0 Å². The fraction of sp³-hybridized carbons (Fsp3) is 0.714. The number of nitrogens with two attached hydrogens (primary N) is 1. The molecule has 2 aliphatic carbocycles. The Labute approximate surface area is 122 Å². The van der Waals surface area contributed by atoms with E-state index in [-0.39, 0.29) is 6.04 Å². The minimum atomic E-state index is 0.204. The summed E-state index contributed by atoms with van der Waals surface area (Å²) in [6.07, 6.45) is 5.57. The number of thiophene rings is 1. The molecule has 18 heavy (non-hydrogen) atoms. The molecule has 2 aliphatic rings. The van der Waals surface area contributed by atoms with E-state index in [0.717, 1.165) is 12.0 Å². The summed E-state index contributed by atoms with van der Waals surface area (Å²) in [4.78, 5) is 4.12. The van der Waals surface area contributed by atoms with Crippen LogP contribution in [0.3, 0.4) is 0 Å². The molecule has 0 saturated heterocycles. The van der Waals surface area contributed by atoms with Crippen molar-refractivity contribution in [3.05, 3.63) is 20.8 Å². The summed E-state index contributed by atoms with van der Waals surface area (Å²) in [6.45, 7) is 3.41. The van der Waals surface area contributed by atoms with Crippen molar-refractivity contribution in [2.75, 3.05) is 6.54 Å². The Morgan fingerprint density at radius 2 is 2.17 bits per heavy atom. The zero-order chi connectivity index (χ0) is 12.7. The SMILES string of the molecule is CC(N)C(c1cc(Br)cs1)N(CC1CC1)C1CC1. The summed E-state index contributed by atoms with van der Waals surface area (Å²) in [5, 5.41) is 2.17. The largest absolute Gasteiger partial charge is 0.326 e. The Balaban J connectivity index is 1.81. The van der Waals surface area contributed by atoms with E-state index in [2.05, 4.69) is 39.2 Å². The lowest BCUT2D eigenvalue weighted by atomic mass is 10.1. The van der Waals surface area contributed by atoms with Gasteiger partial charge in [0, 0.05) is 33.4 Å². The molecule has 1 heterocycles. The van der Waals surface area contributed by atoms with Gasteiger partial charge < -0.3 is 5.73 Å². The molecule has 2 nitrogen and oxygen atoms in total. The van der Waals surface area contributed by atoms with Gasteiger partial charge in [-0.1, -0.05) is 0 Å². The molecule has 0 radical (unpaired) electrons. The van der Waals surface area contributed by atoms with Crippen LogP contribution in [0.4, 0.5) is 0 Å². The molecular formula is C14H21BrN2S. The molecule has 2 fully saturated rings. The fourth-order valence-electron chi connectivity index (χ4n) is 2.70. The lowest BCUT2D eigenvalue weighted by Crippen LogP contribution is -2.41. The van der Waals surface area contributed by atoms with Gasteiger partial charge in [0.15, 0.2) is 0 Å². The molecule has 3 rings (SSSR count). The summed E-state index contributed by atoms with van der Waals surface area (Å²) >= 11 is 5.40. The van der Waals surface area contributed by atoms with E-state index in [1.165, 1.54) is 41.6 Å². The van der Waals surface area contributed by atoms with Crippen LogP contribution in [-0.2, 0) is 0 Å². The number of hydrogen-bond donors (Lipinski definition) is 1. The molecule has 0 bridgehead atoms. The number of nitrogens with zero attached hydrogens (tertiary/aromatic N) is 1. The highest BCUT2D eigenvalue weighted by atomic mass is 79.9. The van der Waals surface area contributed by atoms with Gasteiger partial charge in [-0.25, -0.2) is 0 Å². The third-order valence-corrected chi connectivity index (χ3v) is 5.68. The standard InChI is InChI=1S/C14H21BrN2S/c1-9(16)14(13-6-11(15)8-18-13)17(12-4-5-12)7-10-2-3-10/h6,8-10,12,14H,2-5,7,16H2,1H3. The van der Waals surface area contributed by atoms with E-state index in [0.29, 0.717) is 6.04 Å². The van der Waals surface area contributed by atoms with Gasteiger partial charge in [-0.3, -0.25) is 4.90 Å². The maximum absolute atomic E-state index is 6.29. The molecule has 0 spiro atoms. The lowest BCUT2D eigenvalue weighted by Gasteiger charge is -2.34. The second-order valence-electron chi connectivity index (χ2n) is 5.84. The second kappa shape index (κ2) is 5.23. The zero-order valence-electron chi connectivity index (χ0n) is 10.8. The molecule has 2 saturated carbocycles. The van der Waals surface area contributed by atoms with Crippen molar-refractivity contribution < 1.29 is 0 Å². The highest BCUT2D eigenvalue weighted by Gasteiger charge is 2.39. The Kier molecular flexibility index (Phi) is 3.81. The predicted octanol–water partition coefficient (Wildman–Crippen LogP) is 3.77. The minimum Gasteiger partial charge on any atom is -0.326 e. The second-order valence-corrected chi connectivity index (χ2v) is 7.70. The number of halogens is 1. The molecule has 0 amide bonds. The molecular weight excluding hydrogens is 308 g/mol. The molecule has 4 heteroatoms. The van der Waals surface area contributed by atoms with Crippen molar-refractivity contribution in [1.29, 1.82) is 0 Å². The Morgan fingerprint density at radius 1 is 1.44 bits per heavy atom. The van der Waals surface area contributed by atoms with E-state index < -0.39 is 0 Å². The van der Waals surface area contributed by atoms with Gasteiger partial charge in [0.25, 0.3) is 0 Å². The van der Waals surface area contributed by atoms with E-state index >= 15 is 0 Å². The molecule has 1 aromatic heterocycles. The van der Waals surface area contributed by atoms with Crippen molar-refractivity contribution in [2.45, 2.75) is 50.7 Å². The van der Waals surface area contributed by atoms with E-state index in [1.807, 2.05) is 11.3 Å². The van der Waals surface area contributed by atoms with Gasteiger partial charge in [0.1, 0.15) is 0 Å². The van der Waals surface area contributed by atoms with Crippen LogP contribution in [0.2, 0.25) is 0 Å². The molecule has 1 aromatic rings. The van der Waals surface area contributed by atoms with Crippen molar-refractivity contribution in [3.8, 4) is 0 Å². The van der Waals surface area contributed by atoms with Crippen molar-refractivity contribution in [1.82, 2.24) is 4.90 Å². The van der Waals surface area contributed by atoms with Gasteiger partial charge in [0.2, 0.25) is 0 Å². The van der Waals surface area contributed by atoms with Crippen molar-refractivity contribution in [2.24, 2.45) is 11.7 Å². The monoisotopic (exact) mass is 328 g/mol. The minimum absolute atomic E-state index is 0.204. The van der Waals surface area contributed by atoms with Crippen LogP contribution in [-0.4, -0.2) is 23.5 Å². The summed E-state index contributed by atoms with van der Waals surface area (Å²) in [6, 6.07) is 3.66. The number of hydrogen-bond acceptors (Lipinski definition) is 3. The van der Waals surface area contributed by atoms with Crippen LogP contribution in [0.25, 0.3) is 0 Å². The number of rotatable bonds is 6. The Morgan fingerprint density at radius 3 is 2.61 bits per heavy atom. The van der Waals surface area contributed by atoms with Gasteiger partial charge in [0.05, 0.1) is 6.04 Å². The van der Waals surface area contributed by atoms with Gasteiger partial charge in [-0.2, -0.15) is 0 Å². The highest BCUT2D eigenvalue weighted by molar-refractivity contribution is 9.10. The van der Waals surface area contributed by atoms with Gasteiger partial charge >= 0.3 is 0 Å². The van der Waals surface area contributed by atoms with Gasteiger partial charge in [-0.05, 0) is 60.5 Å². The van der Waals surface area contributed by atoms with Crippen LogP contribution in [0, 0.1) is 5.92 Å². The normalized spacial score (nSPS) is 23.3. The molecule has 0 aromatic carbocycles. The first-order valence-corrected chi connectivity index (χ1v) is 8.57. The molecule has 2 N–H and O–H groups in total. The predicted molar refractivity (Wildman–Crippen MR) is 80.9 cm³/mol. The van der Waals surface area contributed by atoms with Crippen LogP contribution < -0.4 is 5.73 Å². The third-order valence-electron chi connectivity index (χ3n) is 3.92. The molecule has 2 unspecified atom stereocenters. The Hall–Kier alpha value is 0.1000. The van der Waals surface area contributed by atoms with Crippen LogP contribution in [0.5, 0.6) is 0 Å². The van der Waals surface area contributed by atoms with Crippen LogP contribution in [0.1, 0.15) is 43.5 Å². The average molecular weight is 329 g/mol. The quantitative estimate of drug-likeness (QED) is 0.861. The van der Waals surface area contributed by atoms with E-state index in [4.69, 9.17) is 5.73 Å². The maximum Gasteiger partial charge on any atom is 0.0593 e. The van der Waals surface area contributed by atoms with Crippen LogP contribution >= 0.6 is 27.3 Å². The third kappa shape index (κ3) is 2.98. The Bertz CT molecular complexity index is 410. The zero-order valence-corrected chi connectivity index (χ0v) is 13.2. The molecule has 0 aliphatic heterocycles. The first kappa shape index (κ1) is 13.1. The van der Waals surface area contributed by atoms with Crippen molar-refractivity contribution in [3.63, 3.8) is 0 Å². The summed E-state index contributed by atoms with van der Waals surface area (Å²) in [7, 11) is 0. The smallest absolute Gasteiger partial charge is 0.0593 e. The summed E-state index contributed by atoms with van der Waals surface area (Å²) < 4.78 is 1.19. The van der Waals surface area contributed by atoms with E-state index in [9.17, 15) is 0 Å². The molecule has 2 atom stereocenters. The first-order chi connectivity index (χ1) is 8.65. The summed E-state index contributed by atoms with van der Waals surface area (Å²) in [5.41, 5.74) is 6.29. The fourth-order valence-corrected chi connectivity index (χ4v) is 4.38. The summed E-state index contributed by atoms with van der Waals surface area (Å²) in [5.74, 6) is 0.940. The topological polar surface area (TPSA) is 29.3 Å². The first-order valence-electron chi connectivity index (χ1n) is 6.90. The average Bonchev–Trinajstić information content (AvgIpc) is 3.19. The van der Waals surface area contributed by atoms with Gasteiger partial charge in [-0.15, -0.1) is 11.3 Å². The lowest BCUT2D eigenvalue weighted by molar-refractivity contribution is 0.161. The van der Waals surface area contributed by atoms with Crippen LogP contribution in [0.15, 0.2) is 15.9 Å².